The van der Waals surface area contributed by atoms with E-state index in [1.54, 1.807) is 33.3 Å². The molecule has 0 radical (unpaired) electrons. The Balaban J connectivity index is 0.00000132. The number of hydrogen-bond donors (Lipinski definition) is 3. The summed E-state index contributed by atoms with van der Waals surface area (Å²) in [7, 11) is 6.49. The largest absolute Gasteiger partial charge is 0.493 e. The van der Waals surface area contributed by atoms with Gasteiger partial charge in [-0.1, -0.05) is 52.0 Å². The number of carboxylic acids is 1. The van der Waals surface area contributed by atoms with Crippen LogP contribution in [0.2, 0.25) is 0 Å². The minimum Gasteiger partial charge on any atom is -0.493 e. The highest BCUT2D eigenvalue weighted by Crippen LogP contribution is 2.40. The van der Waals surface area contributed by atoms with Crippen LogP contribution >= 0.6 is 0 Å². The number of nitrogens with one attached hydrogen (secondary N) is 1. The molecule has 0 fully saturated rings. The second kappa shape index (κ2) is 22.6. The predicted octanol–water partition coefficient (Wildman–Crippen LogP) is 5.03. The summed E-state index contributed by atoms with van der Waals surface area (Å²) in [5, 5.41) is 19.0. The van der Waals surface area contributed by atoms with Crippen molar-refractivity contribution in [1.82, 2.24) is 15.1 Å². The SMILES string of the molecule is CC(O)C(=O)O.CCCCCCCCN(CC(=O)N1CCc2cc(OC)c(OC)cc2C1Cc1ccc(OC)c(OC)c1)C(=O)CNCCC. The van der Waals surface area contributed by atoms with Crippen LogP contribution in [0, 0.1) is 0 Å². The molecule has 0 spiro atoms. The number of ether oxygens (including phenoxy) is 4. The molecule has 2 amide bonds. The number of amides is 2. The van der Waals surface area contributed by atoms with Crippen LogP contribution in [0.1, 0.15) is 88.4 Å². The van der Waals surface area contributed by atoms with Gasteiger partial charge in [-0.15, -0.1) is 0 Å². The molecular weight excluding hydrogens is 642 g/mol. The van der Waals surface area contributed by atoms with Gasteiger partial charge in [-0.05, 0) is 80.1 Å². The number of unbranched alkanes of at least 4 members (excludes halogenated alkanes) is 5. The van der Waals surface area contributed by atoms with Crippen molar-refractivity contribution in [2.75, 3.05) is 61.2 Å². The van der Waals surface area contributed by atoms with Gasteiger partial charge in [0.2, 0.25) is 11.8 Å². The van der Waals surface area contributed by atoms with Gasteiger partial charge in [0.05, 0.1) is 47.6 Å². The van der Waals surface area contributed by atoms with Crippen LogP contribution in [0.4, 0.5) is 0 Å². The van der Waals surface area contributed by atoms with Crippen LogP contribution in [-0.4, -0.2) is 105 Å². The molecule has 2 unspecified atom stereocenters. The molecule has 3 N–H and O–H groups in total. The number of nitrogens with zero attached hydrogens (tertiary/aromatic N) is 2. The van der Waals surface area contributed by atoms with Crippen molar-refractivity contribution < 1.29 is 43.5 Å². The molecule has 2 aromatic carbocycles. The fraction of sp³-hybridized carbons (Fsp3) is 0.605. The summed E-state index contributed by atoms with van der Waals surface area (Å²) in [6.07, 6.45) is 7.71. The smallest absolute Gasteiger partial charge is 0.332 e. The third-order valence-corrected chi connectivity index (χ3v) is 8.72. The number of carbonyl (C=O) groups is 3. The lowest BCUT2D eigenvalue weighted by molar-refractivity contribution is -0.145. The van der Waals surface area contributed by atoms with Gasteiger partial charge >= 0.3 is 5.97 Å². The van der Waals surface area contributed by atoms with Gasteiger partial charge < -0.3 is 44.3 Å². The fourth-order valence-electron chi connectivity index (χ4n) is 5.89. The molecule has 3 rings (SSSR count). The Morgan fingerprint density at radius 3 is 2.08 bits per heavy atom. The Morgan fingerprint density at radius 2 is 1.48 bits per heavy atom. The number of benzene rings is 2. The van der Waals surface area contributed by atoms with E-state index in [2.05, 4.69) is 19.2 Å². The number of aliphatic hydroxyl groups excluding tert-OH is 1. The first-order chi connectivity index (χ1) is 24.0. The van der Waals surface area contributed by atoms with E-state index in [1.165, 1.54) is 26.2 Å². The van der Waals surface area contributed by atoms with Crippen LogP contribution in [0.25, 0.3) is 0 Å². The Labute approximate surface area is 298 Å². The van der Waals surface area contributed by atoms with Gasteiger partial charge in [0.1, 0.15) is 6.10 Å². The van der Waals surface area contributed by atoms with Crippen molar-refractivity contribution in [2.45, 2.75) is 90.7 Å². The van der Waals surface area contributed by atoms with Crippen molar-refractivity contribution >= 4 is 17.8 Å². The zero-order valence-electron chi connectivity index (χ0n) is 31.1. The minimum atomic E-state index is -1.23. The van der Waals surface area contributed by atoms with Gasteiger partial charge in [-0.25, -0.2) is 4.79 Å². The summed E-state index contributed by atoms with van der Waals surface area (Å²) in [6.45, 7) is 7.69. The molecule has 50 heavy (non-hydrogen) atoms. The molecule has 12 heteroatoms. The normalized spacial score (nSPS) is 14.1. The number of carboxylic acid groups (broad SMARTS) is 1. The van der Waals surface area contributed by atoms with E-state index >= 15 is 0 Å². The molecule has 280 valence electrons. The highest BCUT2D eigenvalue weighted by molar-refractivity contribution is 5.86. The Bertz CT molecular complexity index is 1350. The van der Waals surface area contributed by atoms with Crippen molar-refractivity contribution in [3.63, 3.8) is 0 Å². The van der Waals surface area contributed by atoms with Crippen LogP contribution in [0.5, 0.6) is 23.0 Å². The van der Waals surface area contributed by atoms with Crippen LogP contribution in [-0.2, 0) is 27.2 Å². The maximum Gasteiger partial charge on any atom is 0.332 e. The monoisotopic (exact) mass is 701 g/mol. The van der Waals surface area contributed by atoms with E-state index < -0.39 is 12.1 Å². The first-order valence-corrected chi connectivity index (χ1v) is 17.7. The Kier molecular flexibility index (Phi) is 19.1. The van der Waals surface area contributed by atoms with Gasteiger partial charge in [-0.2, -0.15) is 0 Å². The van der Waals surface area contributed by atoms with Crippen molar-refractivity contribution in [3.8, 4) is 23.0 Å². The van der Waals surface area contributed by atoms with Crippen LogP contribution in [0.3, 0.4) is 0 Å². The first kappa shape index (κ1) is 42.1. The molecule has 0 aliphatic carbocycles. The third-order valence-electron chi connectivity index (χ3n) is 8.72. The molecular formula is C38H59N3O9. The second-order valence-corrected chi connectivity index (χ2v) is 12.4. The van der Waals surface area contributed by atoms with Gasteiger partial charge in [0.25, 0.3) is 0 Å². The van der Waals surface area contributed by atoms with Gasteiger partial charge in [0.15, 0.2) is 23.0 Å². The predicted molar refractivity (Wildman–Crippen MR) is 193 cm³/mol. The Hall–Kier alpha value is -4.03. The van der Waals surface area contributed by atoms with E-state index in [-0.39, 0.29) is 30.9 Å². The van der Waals surface area contributed by atoms with E-state index in [0.717, 1.165) is 48.9 Å². The lowest BCUT2D eigenvalue weighted by Gasteiger charge is -2.39. The molecule has 1 heterocycles. The number of rotatable bonds is 20. The fourth-order valence-corrected chi connectivity index (χ4v) is 5.89. The summed E-state index contributed by atoms with van der Waals surface area (Å²) < 4.78 is 22.3. The molecule has 12 nitrogen and oxygen atoms in total. The van der Waals surface area contributed by atoms with E-state index in [4.69, 9.17) is 29.2 Å². The molecule has 0 saturated carbocycles. The standard InChI is InChI=1S/C35H53N3O6.C3H6O3/c1-7-9-10-11-12-13-18-37(34(39)24-36-17-8-2)25-35(40)38-19-16-27-22-32(43-5)33(44-6)23-28(27)29(38)20-26-14-15-30(41-3)31(21-26)42-4;1-2(4)3(5)6/h14-15,21-23,29,36H,7-13,16-20,24-25H2,1-6H3;2,4H,1H3,(H,5,6). The molecule has 0 saturated heterocycles. The summed E-state index contributed by atoms with van der Waals surface area (Å²) in [4.78, 5) is 40.6. The second-order valence-electron chi connectivity index (χ2n) is 12.4. The number of aliphatic carboxylic acids is 1. The van der Waals surface area contributed by atoms with Gasteiger partial charge in [0, 0.05) is 13.1 Å². The van der Waals surface area contributed by atoms with Crippen molar-refractivity contribution in [2.24, 2.45) is 0 Å². The molecule has 2 atom stereocenters. The molecule has 1 aliphatic rings. The van der Waals surface area contributed by atoms with Crippen molar-refractivity contribution in [1.29, 1.82) is 0 Å². The summed E-state index contributed by atoms with van der Waals surface area (Å²) in [5.74, 6) is 1.33. The van der Waals surface area contributed by atoms with E-state index in [1.807, 2.05) is 35.2 Å². The summed E-state index contributed by atoms with van der Waals surface area (Å²) in [6, 6.07) is 9.62. The molecule has 0 bridgehead atoms. The average molecular weight is 702 g/mol. The van der Waals surface area contributed by atoms with Crippen molar-refractivity contribution in [3.05, 3.63) is 47.0 Å². The number of aliphatic hydroxyl groups is 1. The van der Waals surface area contributed by atoms with Crippen LogP contribution in [0.15, 0.2) is 30.3 Å². The number of carbonyl (C=O) groups excluding carboxylic acids is 2. The number of fused-ring (bicyclic) bond motifs is 1. The third kappa shape index (κ3) is 13.0. The topological polar surface area (TPSA) is 147 Å². The van der Waals surface area contributed by atoms with E-state index in [0.29, 0.717) is 48.9 Å². The lowest BCUT2D eigenvalue weighted by atomic mass is 9.88. The molecule has 1 aliphatic heterocycles. The highest BCUT2D eigenvalue weighted by atomic mass is 16.5. The maximum atomic E-state index is 14.1. The van der Waals surface area contributed by atoms with Gasteiger partial charge in [-0.3, -0.25) is 9.59 Å². The van der Waals surface area contributed by atoms with E-state index in [9.17, 15) is 14.4 Å². The highest BCUT2D eigenvalue weighted by Gasteiger charge is 2.34. The summed E-state index contributed by atoms with van der Waals surface area (Å²) in [5.41, 5.74) is 3.16. The Morgan fingerprint density at radius 1 is 0.880 bits per heavy atom. The zero-order chi connectivity index (χ0) is 37.1. The molecule has 2 aromatic rings. The quantitative estimate of drug-likeness (QED) is 0.161. The lowest BCUT2D eigenvalue weighted by Crippen LogP contribution is -2.49. The maximum absolute atomic E-state index is 14.1. The average Bonchev–Trinajstić information content (AvgIpc) is 3.12. The first-order valence-electron chi connectivity index (χ1n) is 17.7. The zero-order valence-corrected chi connectivity index (χ0v) is 31.1. The summed E-state index contributed by atoms with van der Waals surface area (Å²) >= 11 is 0. The minimum absolute atomic E-state index is 0.0272. The number of methoxy groups -OCH3 is 4. The van der Waals surface area contributed by atoms with Crippen LogP contribution < -0.4 is 24.3 Å². The molecule has 0 aromatic heterocycles. The number of hydrogen-bond acceptors (Lipinski definition) is 9.